The van der Waals surface area contributed by atoms with Crippen LogP contribution in [0.4, 0.5) is 10.6 Å². The summed E-state index contributed by atoms with van der Waals surface area (Å²) in [4.78, 5) is 21.0. The molecular weight excluding hydrogens is 330 g/mol. The van der Waals surface area contributed by atoms with Gasteiger partial charge < -0.3 is 20.3 Å². The van der Waals surface area contributed by atoms with Crippen LogP contribution >= 0.6 is 0 Å². The van der Waals surface area contributed by atoms with Crippen molar-refractivity contribution in [2.24, 2.45) is 5.92 Å². The van der Waals surface area contributed by atoms with Gasteiger partial charge in [0.15, 0.2) is 0 Å². The molecule has 1 saturated heterocycles. The van der Waals surface area contributed by atoms with Crippen LogP contribution in [-0.4, -0.2) is 68.9 Å². The summed E-state index contributed by atoms with van der Waals surface area (Å²) in [5, 5.41) is 5.98. The van der Waals surface area contributed by atoms with Gasteiger partial charge in [0.05, 0.1) is 13.2 Å². The molecule has 1 atom stereocenters. The molecule has 2 heterocycles. The normalized spacial score (nSPS) is 16.3. The van der Waals surface area contributed by atoms with Crippen LogP contribution in [0.15, 0.2) is 18.3 Å². The third kappa shape index (κ3) is 6.46. The number of carbonyl (C=O) groups is 1. The van der Waals surface area contributed by atoms with Crippen molar-refractivity contribution in [3.05, 3.63) is 23.9 Å². The number of pyridine rings is 1. The van der Waals surface area contributed by atoms with Crippen molar-refractivity contribution in [3.8, 4) is 0 Å². The Balaban J connectivity index is 1.84. The lowest BCUT2D eigenvalue weighted by Crippen LogP contribution is -2.50. The molecule has 2 N–H and O–H groups in total. The van der Waals surface area contributed by atoms with E-state index in [1.807, 2.05) is 31.1 Å². The van der Waals surface area contributed by atoms with Gasteiger partial charge in [-0.3, -0.25) is 4.90 Å². The number of anilines is 1. The van der Waals surface area contributed by atoms with Gasteiger partial charge in [-0.1, -0.05) is 19.9 Å². The number of carbonyl (C=O) groups excluding carboxylic acids is 1. The van der Waals surface area contributed by atoms with Crippen LogP contribution < -0.4 is 15.5 Å². The average Bonchev–Trinajstić information content (AvgIpc) is 2.64. The first-order valence-corrected chi connectivity index (χ1v) is 9.42. The topological polar surface area (TPSA) is 69.7 Å². The molecule has 2 amide bonds. The van der Waals surface area contributed by atoms with Gasteiger partial charge in [-0.25, -0.2) is 9.78 Å². The van der Waals surface area contributed by atoms with Gasteiger partial charge in [-0.2, -0.15) is 0 Å². The number of rotatable bonds is 8. The molecule has 0 saturated carbocycles. The van der Waals surface area contributed by atoms with E-state index in [4.69, 9.17) is 4.74 Å². The smallest absolute Gasteiger partial charge is 0.315 e. The minimum Gasteiger partial charge on any atom is -0.379 e. The molecule has 7 heteroatoms. The van der Waals surface area contributed by atoms with Crippen LogP contribution in [0.5, 0.6) is 0 Å². The lowest BCUT2D eigenvalue weighted by molar-refractivity contribution is 0.0129. The first-order chi connectivity index (χ1) is 12.5. The van der Waals surface area contributed by atoms with E-state index in [0.29, 0.717) is 25.0 Å². The first kappa shape index (κ1) is 20.5. The van der Waals surface area contributed by atoms with E-state index in [1.54, 1.807) is 6.20 Å². The number of amides is 2. The second-order valence-electron chi connectivity index (χ2n) is 7.38. The zero-order chi connectivity index (χ0) is 18.9. The fraction of sp³-hybridized carbons (Fsp3) is 0.684. The van der Waals surface area contributed by atoms with E-state index in [2.05, 4.69) is 34.4 Å². The number of nitrogens with zero attached hydrogens (tertiary/aromatic N) is 3. The Labute approximate surface area is 157 Å². The summed E-state index contributed by atoms with van der Waals surface area (Å²) in [6.07, 6.45) is 2.82. The Bertz CT molecular complexity index is 559. The fourth-order valence-electron chi connectivity index (χ4n) is 3.27. The molecular formula is C19H33N5O2. The molecule has 1 aliphatic rings. The molecule has 2 rings (SSSR count). The Morgan fingerprint density at radius 1 is 1.31 bits per heavy atom. The minimum absolute atomic E-state index is 0.138. The van der Waals surface area contributed by atoms with Crippen molar-refractivity contribution in [1.29, 1.82) is 0 Å². The summed E-state index contributed by atoms with van der Waals surface area (Å²) in [5.74, 6) is 1.46. The number of hydrogen-bond acceptors (Lipinski definition) is 5. The highest BCUT2D eigenvalue weighted by Crippen LogP contribution is 2.14. The molecule has 0 aliphatic carbocycles. The van der Waals surface area contributed by atoms with Gasteiger partial charge in [0, 0.05) is 58.1 Å². The summed E-state index contributed by atoms with van der Waals surface area (Å²) in [6, 6.07) is 4.08. The van der Waals surface area contributed by atoms with Crippen LogP contribution in [-0.2, 0) is 11.3 Å². The van der Waals surface area contributed by atoms with Crippen LogP contribution in [0, 0.1) is 5.92 Å². The van der Waals surface area contributed by atoms with E-state index in [0.717, 1.165) is 44.1 Å². The number of hydrogen-bond donors (Lipinski definition) is 2. The van der Waals surface area contributed by atoms with E-state index in [-0.39, 0.29) is 6.03 Å². The molecule has 1 aliphatic heterocycles. The van der Waals surface area contributed by atoms with Crippen LogP contribution in [0.3, 0.4) is 0 Å². The number of ether oxygens (including phenoxy) is 1. The predicted molar refractivity (Wildman–Crippen MR) is 104 cm³/mol. The molecule has 0 spiro atoms. The second kappa shape index (κ2) is 10.3. The van der Waals surface area contributed by atoms with Gasteiger partial charge in [-0.05, 0) is 18.4 Å². The molecule has 7 nitrogen and oxygen atoms in total. The zero-order valence-corrected chi connectivity index (χ0v) is 16.5. The fourth-order valence-corrected chi connectivity index (χ4v) is 3.27. The van der Waals surface area contributed by atoms with Crippen LogP contribution in [0.2, 0.25) is 0 Å². The summed E-state index contributed by atoms with van der Waals surface area (Å²) in [6.45, 7) is 8.96. The Morgan fingerprint density at radius 3 is 2.69 bits per heavy atom. The lowest BCUT2D eigenvalue weighted by atomic mass is 10.0. The van der Waals surface area contributed by atoms with E-state index in [1.165, 1.54) is 0 Å². The number of aromatic nitrogens is 1. The SMILES string of the molecule is CC(C)CC(CNC(=O)NCc1cccnc1N(C)C)N1CCOCC1. The monoisotopic (exact) mass is 363 g/mol. The molecule has 0 bridgehead atoms. The van der Waals surface area contributed by atoms with E-state index in [9.17, 15) is 4.79 Å². The predicted octanol–water partition coefficient (Wildman–Crippen LogP) is 1.69. The minimum atomic E-state index is -0.138. The maximum atomic E-state index is 12.3. The summed E-state index contributed by atoms with van der Waals surface area (Å²) in [5.41, 5.74) is 1.000. The quantitative estimate of drug-likeness (QED) is 0.736. The van der Waals surface area contributed by atoms with Crippen molar-refractivity contribution < 1.29 is 9.53 Å². The molecule has 146 valence electrons. The average molecular weight is 364 g/mol. The van der Waals surface area contributed by atoms with Crippen molar-refractivity contribution in [3.63, 3.8) is 0 Å². The highest BCUT2D eigenvalue weighted by atomic mass is 16.5. The lowest BCUT2D eigenvalue weighted by Gasteiger charge is -2.35. The van der Waals surface area contributed by atoms with E-state index < -0.39 is 0 Å². The van der Waals surface area contributed by atoms with Crippen molar-refractivity contribution >= 4 is 11.8 Å². The van der Waals surface area contributed by atoms with Crippen molar-refractivity contribution in [1.82, 2.24) is 20.5 Å². The third-order valence-corrected chi connectivity index (χ3v) is 4.53. The van der Waals surface area contributed by atoms with Gasteiger partial charge in [0.2, 0.25) is 0 Å². The van der Waals surface area contributed by atoms with Crippen LogP contribution in [0.1, 0.15) is 25.8 Å². The largest absolute Gasteiger partial charge is 0.379 e. The molecule has 1 unspecified atom stereocenters. The van der Waals surface area contributed by atoms with Gasteiger partial charge in [0.1, 0.15) is 5.82 Å². The third-order valence-electron chi connectivity index (χ3n) is 4.53. The highest BCUT2D eigenvalue weighted by Gasteiger charge is 2.22. The molecule has 1 aromatic rings. The first-order valence-electron chi connectivity index (χ1n) is 9.42. The van der Waals surface area contributed by atoms with Crippen molar-refractivity contribution in [2.75, 3.05) is 51.8 Å². The Morgan fingerprint density at radius 2 is 2.04 bits per heavy atom. The molecule has 0 aromatic carbocycles. The molecule has 26 heavy (non-hydrogen) atoms. The summed E-state index contributed by atoms with van der Waals surface area (Å²) in [7, 11) is 3.90. The number of urea groups is 1. The molecule has 1 aromatic heterocycles. The van der Waals surface area contributed by atoms with Gasteiger partial charge in [-0.15, -0.1) is 0 Å². The second-order valence-corrected chi connectivity index (χ2v) is 7.38. The maximum absolute atomic E-state index is 12.3. The zero-order valence-electron chi connectivity index (χ0n) is 16.5. The van der Waals surface area contributed by atoms with Crippen molar-refractivity contribution in [2.45, 2.75) is 32.9 Å². The molecule has 0 radical (unpaired) electrons. The Kier molecular flexibility index (Phi) is 8.12. The van der Waals surface area contributed by atoms with Gasteiger partial charge in [0.25, 0.3) is 0 Å². The van der Waals surface area contributed by atoms with Crippen LogP contribution in [0.25, 0.3) is 0 Å². The maximum Gasteiger partial charge on any atom is 0.315 e. The summed E-state index contributed by atoms with van der Waals surface area (Å²) < 4.78 is 5.45. The highest BCUT2D eigenvalue weighted by molar-refractivity contribution is 5.74. The van der Waals surface area contributed by atoms with Gasteiger partial charge >= 0.3 is 6.03 Å². The standard InChI is InChI=1S/C19H33N5O2/c1-15(2)12-17(24-8-10-26-11-9-24)14-22-19(25)21-13-16-6-5-7-20-18(16)23(3)4/h5-7,15,17H,8-14H2,1-4H3,(H2,21,22,25). The Hall–Kier alpha value is -1.86. The summed E-state index contributed by atoms with van der Waals surface area (Å²) >= 11 is 0. The van der Waals surface area contributed by atoms with E-state index >= 15 is 0 Å². The molecule has 1 fully saturated rings. The number of nitrogens with one attached hydrogen (secondary N) is 2. The number of morpholine rings is 1.